The van der Waals surface area contributed by atoms with Crippen molar-refractivity contribution >= 4 is 17.2 Å². The summed E-state index contributed by atoms with van der Waals surface area (Å²) in [6.45, 7) is 5.75. The molecule has 1 atom stereocenters. The largest absolute Gasteiger partial charge is 0.370 e. The zero-order chi connectivity index (χ0) is 15.5. The smallest absolute Gasteiger partial charge is 0.228 e. The Hall–Kier alpha value is -1.79. The SMILES string of the molecule is Cc1nc(C)c(CC(=O)N2CCO[C@H](c3ccncc3)C2)s1. The standard InChI is InChI=1S/C16H19N3O2S/c1-11-15(22-12(2)18-11)9-16(20)19-7-8-21-14(10-19)13-3-5-17-6-4-13/h3-6,14H,7-10H2,1-2H3/t14-/m0/s1. The number of pyridine rings is 1. The van der Waals surface area contributed by atoms with E-state index in [9.17, 15) is 4.79 Å². The highest BCUT2D eigenvalue weighted by molar-refractivity contribution is 7.11. The van der Waals surface area contributed by atoms with Crippen LogP contribution in [0.5, 0.6) is 0 Å². The summed E-state index contributed by atoms with van der Waals surface area (Å²) in [5, 5.41) is 1.01. The van der Waals surface area contributed by atoms with Gasteiger partial charge in [0, 0.05) is 23.8 Å². The first kappa shape index (κ1) is 15.1. The van der Waals surface area contributed by atoms with Gasteiger partial charge in [-0.1, -0.05) is 0 Å². The third-order valence-corrected chi connectivity index (χ3v) is 4.88. The van der Waals surface area contributed by atoms with Crippen LogP contribution in [0.4, 0.5) is 0 Å². The Balaban J connectivity index is 1.67. The number of hydrogen-bond acceptors (Lipinski definition) is 5. The molecule has 0 aromatic carbocycles. The topological polar surface area (TPSA) is 55.3 Å². The molecule has 0 N–H and O–H groups in total. The van der Waals surface area contributed by atoms with Crippen LogP contribution in [0.3, 0.4) is 0 Å². The Labute approximate surface area is 134 Å². The van der Waals surface area contributed by atoms with Gasteiger partial charge in [-0.2, -0.15) is 0 Å². The average Bonchev–Trinajstić information content (AvgIpc) is 2.86. The molecule has 1 fully saturated rings. The van der Waals surface area contributed by atoms with Gasteiger partial charge in [-0.25, -0.2) is 4.98 Å². The van der Waals surface area contributed by atoms with Gasteiger partial charge in [0.1, 0.15) is 6.10 Å². The van der Waals surface area contributed by atoms with Crippen LogP contribution < -0.4 is 0 Å². The molecular weight excluding hydrogens is 298 g/mol. The van der Waals surface area contributed by atoms with E-state index in [1.165, 1.54) is 0 Å². The molecular formula is C16H19N3O2S. The monoisotopic (exact) mass is 317 g/mol. The molecule has 0 unspecified atom stereocenters. The Bertz CT molecular complexity index is 657. The Morgan fingerprint density at radius 3 is 2.86 bits per heavy atom. The van der Waals surface area contributed by atoms with Crippen LogP contribution in [0.2, 0.25) is 0 Å². The number of rotatable bonds is 3. The van der Waals surface area contributed by atoms with Crippen molar-refractivity contribution in [2.75, 3.05) is 19.7 Å². The van der Waals surface area contributed by atoms with Gasteiger partial charge in [-0.15, -0.1) is 11.3 Å². The third-order valence-electron chi connectivity index (χ3n) is 3.81. The number of carbonyl (C=O) groups excluding carboxylic acids is 1. The molecule has 6 heteroatoms. The molecule has 0 radical (unpaired) electrons. The molecule has 5 nitrogen and oxygen atoms in total. The number of carbonyl (C=O) groups is 1. The zero-order valence-corrected chi connectivity index (χ0v) is 13.6. The fourth-order valence-electron chi connectivity index (χ4n) is 2.64. The van der Waals surface area contributed by atoms with E-state index in [1.807, 2.05) is 30.9 Å². The molecule has 0 aliphatic carbocycles. The predicted octanol–water partition coefficient (Wildman–Crippen LogP) is 2.30. The maximum absolute atomic E-state index is 12.5. The molecule has 1 aliphatic rings. The van der Waals surface area contributed by atoms with Gasteiger partial charge >= 0.3 is 0 Å². The second-order valence-electron chi connectivity index (χ2n) is 5.40. The molecule has 1 amide bonds. The maximum atomic E-state index is 12.5. The molecule has 0 spiro atoms. The van der Waals surface area contributed by atoms with E-state index in [-0.39, 0.29) is 12.0 Å². The first-order valence-electron chi connectivity index (χ1n) is 7.35. The van der Waals surface area contributed by atoms with E-state index in [1.54, 1.807) is 23.7 Å². The second-order valence-corrected chi connectivity index (χ2v) is 6.69. The molecule has 116 valence electrons. The van der Waals surface area contributed by atoms with Crippen LogP contribution in [0, 0.1) is 13.8 Å². The Morgan fingerprint density at radius 1 is 1.41 bits per heavy atom. The fraction of sp³-hybridized carbons (Fsp3) is 0.438. The fourth-order valence-corrected chi connectivity index (χ4v) is 3.57. The number of hydrogen-bond donors (Lipinski definition) is 0. The Morgan fingerprint density at radius 2 is 2.18 bits per heavy atom. The molecule has 22 heavy (non-hydrogen) atoms. The number of amides is 1. The van der Waals surface area contributed by atoms with Crippen molar-refractivity contribution in [3.05, 3.63) is 45.7 Å². The van der Waals surface area contributed by atoms with Crippen molar-refractivity contribution in [3.8, 4) is 0 Å². The van der Waals surface area contributed by atoms with E-state index in [0.29, 0.717) is 26.1 Å². The van der Waals surface area contributed by atoms with Gasteiger partial charge < -0.3 is 9.64 Å². The number of morpholine rings is 1. The summed E-state index contributed by atoms with van der Waals surface area (Å²) in [6, 6.07) is 3.88. The average molecular weight is 317 g/mol. The second kappa shape index (κ2) is 6.54. The number of aryl methyl sites for hydroxylation is 2. The van der Waals surface area contributed by atoms with Crippen molar-refractivity contribution in [1.29, 1.82) is 0 Å². The van der Waals surface area contributed by atoms with Crippen LogP contribution >= 0.6 is 11.3 Å². The van der Waals surface area contributed by atoms with Gasteiger partial charge in [0.15, 0.2) is 0 Å². The summed E-state index contributed by atoms with van der Waals surface area (Å²) in [5.74, 6) is 0.147. The highest BCUT2D eigenvalue weighted by atomic mass is 32.1. The van der Waals surface area contributed by atoms with Crippen molar-refractivity contribution in [2.45, 2.75) is 26.4 Å². The maximum Gasteiger partial charge on any atom is 0.228 e. The summed E-state index contributed by atoms with van der Waals surface area (Å²) in [6.07, 6.45) is 3.87. The first-order valence-corrected chi connectivity index (χ1v) is 8.17. The minimum absolute atomic E-state index is 0.0648. The third kappa shape index (κ3) is 3.34. The summed E-state index contributed by atoms with van der Waals surface area (Å²) in [4.78, 5) is 23.9. The van der Waals surface area contributed by atoms with Crippen LogP contribution in [0.15, 0.2) is 24.5 Å². The van der Waals surface area contributed by atoms with Gasteiger partial charge in [0.25, 0.3) is 0 Å². The van der Waals surface area contributed by atoms with Gasteiger partial charge in [-0.05, 0) is 31.5 Å². The molecule has 0 bridgehead atoms. The van der Waals surface area contributed by atoms with E-state index < -0.39 is 0 Å². The summed E-state index contributed by atoms with van der Waals surface area (Å²) in [7, 11) is 0. The number of ether oxygens (including phenoxy) is 1. The summed E-state index contributed by atoms with van der Waals surface area (Å²) < 4.78 is 5.79. The van der Waals surface area contributed by atoms with Gasteiger partial charge in [0.05, 0.1) is 30.3 Å². The van der Waals surface area contributed by atoms with Crippen LogP contribution in [0.25, 0.3) is 0 Å². The lowest BCUT2D eigenvalue weighted by molar-refractivity contribution is -0.138. The molecule has 2 aromatic heterocycles. The van der Waals surface area contributed by atoms with E-state index >= 15 is 0 Å². The summed E-state index contributed by atoms with van der Waals surface area (Å²) >= 11 is 1.61. The molecule has 1 saturated heterocycles. The van der Waals surface area contributed by atoms with Crippen molar-refractivity contribution in [2.24, 2.45) is 0 Å². The molecule has 0 saturated carbocycles. The Kier molecular flexibility index (Phi) is 4.49. The minimum Gasteiger partial charge on any atom is -0.370 e. The number of thiazole rings is 1. The van der Waals surface area contributed by atoms with Crippen molar-refractivity contribution in [1.82, 2.24) is 14.9 Å². The van der Waals surface area contributed by atoms with E-state index in [4.69, 9.17) is 4.74 Å². The normalized spacial score (nSPS) is 18.5. The molecule has 3 heterocycles. The van der Waals surface area contributed by atoms with E-state index in [0.717, 1.165) is 21.1 Å². The molecule has 2 aromatic rings. The number of aromatic nitrogens is 2. The molecule has 3 rings (SSSR count). The van der Waals surface area contributed by atoms with Crippen LogP contribution in [-0.4, -0.2) is 40.5 Å². The minimum atomic E-state index is -0.0648. The highest BCUT2D eigenvalue weighted by Gasteiger charge is 2.26. The van der Waals surface area contributed by atoms with Crippen LogP contribution in [0.1, 0.15) is 27.2 Å². The molecule has 1 aliphatic heterocycles. The predicted molar refractivity (Wildman–Crippen MR) is 84.8 cm³/mol. The van der Waals surface area contributed by atoms with Crippen molar-refractivity contribution in [3.63, 3.8) is 0 Å². The zero-order valence-electron chi connectivity index (χ0n) is 12.8. The summed E-state index contributed by atoms with van der Waals surface area (Å²) in [5.41, 5.74) is 2.03. The lowest BCUT2D eigenvalue weighted by Crippen LogP contribution is -2.42. The van der Waals surface area contributed by atoms with Gasteiger partial charge in [-0.3, -0.25) is 9.78 Å². The quantitative estimate of drug-likeness (QED) is 0.871. The number of nitrogens with zero attached hydrogens (tertiary/aromatic N) is 3. The highest BCUT2D eigenvalue weighted by Crippen LogP contribution is 2.23. The van der Waals surface area contributed by atoms with Gasteiger partial charge in [0.2, 0.25) is 5.91 Å². The van der Waals surface area contributed by atoms with Crippen molar-refractivity contribution < 1.29 is 9.53 Å². The lowest BCUT2D eigenvalue weighted by atomic mass is 10.1. The first-order chi connectivity index (χ1) is 10.6. The van der Waals surface area contributed by atoms with E-state index in [2.05, 4.69) is 9.97 Å². The lowest BCUT2D eigenvalue weighted by Gasteiger charge is -2.33. The van der Waals surface area contributed by atoms with Crippen LogP contribution in [-0.2, 0) is 16.0 Å².